The molecule has 0 aliphatic heterocycles. The molecule has 1 aliphatic carbocycles. The van der Waals surface area contributed by atoms with E-state index in [9.17, 15) is 0 Å². The molecule has 1 atom stereocenters. The molecule has 18 heavy (non-hydrogen) atoms. The first-order chi connectivity index (χ1) is 8.76. The molecule has 0 radical (unpaired) electrons. The highest BCUT2D eigenvalue weighted by molar-refractivity contribution is 5.49. The van der Waals surface area contributed by atoms with Crippen molar-refractivity contribution in [2.75, 3.05) is 18.5 Å². The third kappa shape index (κ3) is 3.26. The standard InChI is InChI=1S/C16H26N2/c1-4-12-17-16(5-2)13-6-8-14(9-7-13)18(3)15-10-11-15/h6-9,15-17H,4-5,10-12H2,1-3H3. The van der Waals surface area contributed by atoms with Gasteiger partial charge in [-0.1, -0.05) is 26.0 Å². The maximum atomic E-state index is 3.61. The lowest BCUT2D eigenvalue weighted by atomic mass is 10.0. The molecule has 0 aromatic heterocycles. The van der Waals surface area contributed by atoms with E-state index in [1.165, 1.54) is 30.5 Å². The lowest BCUT2D eigenvalue weighted by Crippen LogP contribution is -2.22. The van der Waals surface area contributed by atoms with E-state index in [0.29, 0.717) is 6.04 Å². The molecule has 1 N–H and O–H groups in total. The Hall–Kier alpha value is -1.02. The Morgan fingerprint density at radius 2 is 1.89 bits per heavy atom. The Morgan fingerprint density at radius 3 is 2.39 bits per heavy atom. The van der Waals surface area contributed by atoms with Crippen LogP contribution in [0, 0.1) is 0 Å². The maximum Gasteiger partial charge on any atom is 0.0366 e. The van der Waals surface area contributed by atoms with Gasteiger partial charge >= 0.3 is 0 Å². The van der Waals surface area contributed by atoms with Gasteiger partial charge in [0, 0.05) is 24.8 Å². The van der Waals surface area contributed by atoms with E-state index >= 15 is 0 Å². The van der Waals surface area contributed by atoms with E-state index in [-0.39, 0.29) is 0 Å². The van der Waals surface area contributed by atoms with Gasteiger partial charge in [0.05, 0.1) is 0 Å². The first kappa shape index (κ1) is 13.4. The van der Waals surface area contributed by atoms with Crippen molar-refractivity contribution in [1.82, 2.24) is 5.32 Å². The Labute approximate surface area is 111 Å². The summed E-state index contributed by atoms with van der Waals surface area (Å²) >= 11 is 0. The van der Waals surface area contributed by atoms with Crippen molar-refractivity contribution >= 4 is 5.69 Å². The summed E-state index contributed by atoms with van der Waals surface area (Å²) in [4.78, 5) is 2.41. The number of nitrogens with one attached hydrogen (secondary N) is 1. The fourth-order valence-electron chi connectivity index (χ4n) is 2.43. The van der Waals surface area contributed by atoms with Gasteiger partial charge in [0.25, 0.3) is 0 Å². The number of rotatable bonds is 7. The average molecular weight is 246 g/mol. The van der Waals surface area contributed by atoms with Crippen LogP contribution in [0.1, 0.15) is 51.1 Å². The predicted molar refractivity (Wildman–Crippen MR) is 79.2 cm³/mol. The highest BCUT2D eigenvalue weighted by atomic mass is 15.2. The van der Waals surface area contributed by atoms with Gasteiger partial charge < -0.3 is 10.2 Å². The minimum absolute atomic E-state index is 0.505. The van der Waals surface area contributed by atoms with Crippen molar-refractivity contribution in [3.05, 3.63) is 29.8 Å². The monoisotopic (exact) mass is 246 g/mol. The molecule has 100 valence electrons. The van der Waals surface area contributed by atoms with E-state index in [2.05, 4.69) is 55.4 Å². The Kier molecular flexibility index (Phi) is 4.65. The zero-order chi connectivity index (χ0) is 13.0. The fraction of sp³-hybridized carbons (Fsp3) is 0.625. The second-order valence-corrected chi connectivity index (χ2v) is 5.35. The number of nitrogens with zero attached hydrogens (tertiary/aromatic N) is 1. The zero-order valence-corrected chi connectivity index (χ0v) is 11.9. The van der Waals surface area contributed by atoms with Crippen LogP contribution in [0.25, 0.3) is 0 Å². The fourth-order valence-corrected chi connectivity index (χ4v) is 2.43. The summed E-state index contributed by atoms with van der Waals surface area (Å²) in [7, 11) is 2.21. The van der Waals surface area contributed by atoms with Gasteiger partial charge in [-0.05, 0) is 49.9 Å². The highest BCUT2D eigenvalue weighted by Gasteiger charge is 2.26. The van der Waals surface area contributed by atoms with Gasteiger partial charge in [-0.25, -0.2) is 0 Å². The molecule has 0 spiro atoms. The van der Waals surface area contributed by atoms with Gasteiger partial charge in [0.1, 0.15) is 0 Å². The zero-order valence-electron chi connectivity index (χ0n) is 11.9. The van der Waals surface area contributed by atoms with Crippen LogP contribution in [0.3, 0.4) is 0 Å². The number of hydrogen-bond donors (Lipinski definition) is 1. The molecule has 0 saturated heterocycles. The van der Waals surface area contributed by atoms with Crippen molar-refractivity contribution < 1.29 is 0 Å². The first-order valence-corrected chi connectivity index (χ1v) is 7.32. The smallest absolute Gasteiger partial charge is 0.0366 e. The molecular formula is C16H26N2. The number of anilines is 1. The molecule has 1 saturated carbocycles. The summed E-state index contributed by atoms with van der Waals surface area (Å²) in [6, 6.07) is 10.4. The lowest BCUT2D eigenvalue weighted by Gasteiger charge is -2.21. The summed E-state index contributed by atoms with van der Waals surface area (Å²) in [5.41, 5.74) is 2.77. The van der Waals surface area contributed by atoms with Crippen LogP contribution in [0.15, 0.2) is 24.3 Å². The average Bonchev–Trinajstić information content (AvgIpc) is 3.24. The number of hydrogen-bond acceptors (Lipinski definition) is 2. The van der Waals surface area contributed by atoms with Crippen LogP contribution in [-0.2, 0) is 0 Å². The minimum Gasteiger partial charge on any atom is -0.372 e. The SMILES string of the molecule is CCCNC(CC)c1ccc(N(C)C2CC2)cc1. The summed E-state index contributed by atoms with van der Waals surface area (Å²) in [6.45, 7) is 5.56. The highest BCUT2D eigenvalue weighted by Crippen LogP contribution is 2.30. The molecule has 0 amide bonds. The number of benzene rings is 1. The van der Waals surface area contributed by atoms with Gasteiger partial charge in [0.15, 0.2) is 0 Å². The van der Waals surface area contributed by atoms with Crippen LogP contribution in [0.5, 0.6) is 0 Å². The van der Waals surface area contributed by atoms with Crippen molar-refractivity contribution in [3.63, 3.8) is 0 Å². The molecule has 1 aromatic carbocycles. The van der Waals surface area contributed by atoms with Crippen LogP contribution >= 0.6 is 0 Å². The normalized spacial score (nSPS) is 16.6. The molecule has 1 unspecified atom stereocenters. The van der Waals surface area contributed by atoms with Gasteiger partial charge in [-0.2, -0.15) is 0 Å². The minimum atomic E-state index is 0.505. The molecule has 1 fully saturated rings. The summed E-state index contributed by atoms with van der Waals surface area (Å²) in [5.74, 6) is 0. The van der Waals surface area contributed by atoms with Crippen LogP contribution in [-0.4, -0.2) is 19.6 Å². The summed E-state index contributed by atoms with van der Waals surface area (Å²) in [5, 5.41) is 3.61. The summed E-state index contributed by atoms with van der Waals surface area (Å²) < 4.78 is 0. The molecule has 0 heterocycles. The third-order valence-electron chi connectivity index (χ3n) is 3.85. The van der Waals surface area contributed by atoms with Gasteiger partial charge in [0.2, 0.25) is 0 Å². The maximum absolute atomic E-state index is 3.61. The lowest BCUT2D eigenvalue weighted by molar-refractivity contribution is 0.518. The van der Waals surface area contributed by atoms with Gasteiger partial charge in [-0.3, -0.25) is 0 Å². The van der Waals surface area contributed by atoms with Crippen LogP contribution in [0.4, 0.5) is 5.69 Å². The van der Waals surface area contributed by atoms with Crippen LogP contribution in [0.2, 0.25) is 0 Å². The van der Waals surface area contributed by atoms with Crippen molar-refractivity contribution in [2.45, 2.75) is 51.6 Å². The first-order valence-electron chi connectivity index (χ1n) is 7.32. The second kappa shape index (κ2) is 6.24. The van der Waals surface area contributed by atoms with E-state index in [4.69, 9.17) is 0 Å². The Balaban J connectivity index is 2.00. The molecular weight excluding hydrogens is 220 g/mol. The van der Waals surface area contributed by atoms with Crippen molar-refractivity contribution in [2.24, 2.45) is 0 Å². The second-order valence-electron chi connectivity index (χ2n) is 5.35. The Bertz CT molecular complexity index is 354. The largest absolute Gasteiger partial charge is 0.372 e. The van der Waals surface area contributed by atoms with Gasteiger partial charge in [-0.15, -0.1) is 0 Å². The van der Waals surface area contributed by atoms with E-state index in [1.807, 2.05) is 0 Å². The predicted octanol–water partition coefficient (Wildman–Crippen LogP) is 3.74. The topological polar surface area (TPSA) is 15.3 Å². The van der Waals surface area contributed by atoms with Crippen molar-refractivity contribution in [3.8, 4) is 0 Å². The third-order valence-corrected chi connectivity index (χ3v) is 3.85. The van der Waals surface area contributed by atoms with Crippen LogP contribution < -0.4 is 10.2 Å². The molecule has 2 rings (SSSR count). The van der Waals surface area contributed by atoms with E-state index in [0.717, 1.165) is 19.0 Å². The van der Waals surface area contributed by atoms with Crippen molar-refractivity contribution in [1.29, 1.82) is 0 Å². The quantitative estimate of drug-likeness (QED) is 0.788. The molecule has 1 aliphatic rings. The molecule has 2 heteroatoms. The molecule has 1 aromatic rings. The van der Waals surface area contributed by atoms with E-state index < -0.39 is 0 Å². The summed E-state index contributed by atoms with van der Waals surface area (Å²) in [6.07, 6.45) is 5.05. The van der Waals surface area contributed by atoms with E-state index in [1.54, 1.807) is 0 Å². The Morgan fingerprint density at radius 1 is 1.22 bits per heavy atom. The molecule has 2 nitrogen and oxygen atoms in total. The molecule has 0 bridgehead atoms.